The number of nitrogens with two attached hydrogens (primary N) is 1. The van der Waals surface area contributed by atoms with Crippen LogP contribution in [0.15, 0.2) is 30.3 Å². The first kappa shape index (κ1) is 17.7. The fraction of sp³-hybridized carbons (Fsp3) is 0.222. The number of nitrogen functional groups attached to an aromatic ring is 1. The van der Waals surface area contributed by atoms with Crippen molar-refractivity contribution in [2.24, 2.45) is 0 Å². The average Bonchev–Trinajstić information content (AvgIpc) is 2.62. The Labute approximate surface area is 158 Å². The second-order valence-electron chi connectivity index (χ2n) is 5.41. The van der Waals surface area contributed by atoms with Crippen molar-refractivity contribution in [2.45, 2.75) is 0 Å². The molecule has 0 saturated carbocycles. The summed E-state index contributed by atoms with van der Waals surface area (Å²) in [6, 6.07) is 7.74. The second-order valence-corrected chi connectivity index (χ2v) is 6.49. The summed E-state index contributed by atoms with van der Waals surface area (Å²) in [6.45, 7) is 1.19. The highest BCUT2D eigenvalue weighted by molar-refractivity contribution is 14.1. The molecule has 3 rings (SSSR count). The lowest BCUT2D eigenvalue weighted by Crippen LogP contribution is -2.23. The van der Waals surface area contributed by atoms with Gasteiger partial charge < -0.3 is 20.3 Å². The van der Waals surface area contributed by atoms with Crippen molar-refractivity contribution >= 4 is 39.8 Å². The molecule has 0 saturated heterocycles. The van der Waals surface area contributed by atoms with Gasteiger partial charge in [-0.25, -0.2) is 0 Å². The first-order valence-electron chi connectivity index (χ1n) is 7.66. The van der Waals surface area contributed by atoms with E-state index in [1.165, 1.54) is 6.07 Å². The van der Waals surface area contributed by atoms with E-state index in [0.717, 1.165) is 4.43 Å². The number of fused-ring (bicyclic) bond motifs is 2. The van der Waals surface area contributed by atoms with Crippen LogP contribution in [-0.2, 0) is 4.74 Å². The number of ketones is 2. The van der Waals surface area contributed by atoms with Gasteiger partial charge in [0.1, 0.15) is 18.1 Å². The van der Waals surface area contributed by atoms with Crippen molar-refractivity contribution < 1.29 is 24.2 Å². The molecule has 130 valence electrons. The van der Waals surface area contributed by atoms with Crippen molar-refractivity contribution in [3.05, 3.63) is 52.6 Å². The molecule has 7 heteroatoms. The maximum Gasteiger partial charge on any atom is 0.198 e. The van der Waals surface area contributed by atoms with E-state index in [9.17, 15) is 14.7 Å². The third-order valence-corrected chi connectivity index (χ3v) is 4.33. The molecule has 0 unspecified atom stereocenters. The summed E-state index contributed by atoms with van der Waals surface area (Å²) in [6.07, 6.45) is 0. The normalized spacial score (nSPS) is 12.7. The molecule has 0 spiro atoms. The summed E-state index contributed by atoms with van der Waals surface area (Å²) < 4.78 is 11.7. The van der Waals surface area contributed by atoms with Gasteiger partial charge in [-0.1, -0.05) is 46.9 Å². The highest BCUT2D eigenvalue weighted by Gasteiger charge is 2.35. The monoisotopic (exact) mass is 453 g/mol. The number of halogens is 1. The van der Waals surface area contributed by atoms with Gasteiger partial charge in [0.25, 0.3) is 0 Å². The number of hydrogen-bond acceptors (Lipinski definition) is 6. The molecule has 1 aliphatic carbocycles. The van der Waals surface area contributed by atoms with Crippen molar-refractivity contribution in [2.75, 3.05) is 30.0 Å². The summed E-state index contributed by atoms with van der Waals surface area (Å²) in [7, 11) is 0. The predicted octanol–water partition coefficient (Wildman–Crippen LogP) is 2.58. The van der Waals surface area contributed by atoms with Crippen LogP contribution < -0.4 is 10.5 Å². The number of hydrogen-bond donors (Lipinski definition) is 2. The van der Waals surface area contributed by atoms with Crippen LogP contribution in [0.2, 0.25) is 0 Å². The van der Waals surface area contributed by atoms with Crippen LogP contribution >= 0.6 is 22.6 Å². The highest BCUT2D eigenvalue weighted by atomic mass is 127. The topological polar surface area (TPSA) is 98.8 Å². The first-order valence-corrected chi connectivity index (χ1v) is 9.19. The largest absolute Gasteiger partial charge is 0.507 e. The fourth-order valence-corrected chi connectivity index (χ4v) is 3.07. The molecule has 2 aromatic rings. The molecule has 1 aliphatic rings. The number of anilines is 1. The van der Waals surface area contributed by atoms with Crippen molar-refractivity contribution in [3.63, 3.8) is 0 Å². The second kappa shape index (κ2) is 7.40. The number of rotatable bonds is 6. The molecule has 0 radical (unpaired) electrons. The molecule has 3 N–H and O–H groups in total. The van der Waals surface area contributed by atoms with Gasteiger partial charge in [0, 0.05) is 21.6 Å². The van der Waals surface area contributed by atoms with E-state index < -0.39 is 11.6 Å². The Hall–Kier alpha value is -2.13. The SMILES string of the molecule is Nc1c(OCCOCCI)cc(O)c2c1C(=O)c1ccccc1C2=O. The lowest BCUT2D eigenvalue weighted by molar-refractivity contribution is 0.0975. The molecule has 0 aliphatic heterocycles. The predicted molar refractivity (Wildman–Crippen MR) is 101 cm³/mol. The zero-order valence-corrected chi connectivity index (χ0v) is 15.4. The Balaban J connectivity index is 1.96. The molecule has 0 amide bonds. The molecule has 0 aromatic heterocycles. The van der Waals surface area contributed by atoms with Gasteiger partial charge in [0.05, 0.1) is 30.0 Å². The van der Waals surface area contributed by atoms with Crippen LogP contribution in [0.3, 0.4) is 0 Å². The van der Waals surface area contributed by atoms with Crippen LogP contribution in [0.25, 0.3) is 0 Å². The van der Waals surface area contributed by atoms with Crippen LogP contribution in [-0.4, -0.2) is 40.9 Å². The molecule has 25 heavy (non-hydrogen) atoms. The number of alkyl halides is 1. The maximum atomic E-state index is 12.8. The molecular formula is C18H16INO5. The number of aromatic hydroxyl groups is 1. The quantitative estimate of drug-likeness (QED) is 0.196. The van der Waals surface area contributed by atoms with E-state index in [4.69, 9.17) is 15.2 Å². The molecule has 0 heterocycles. The number of phenols is 1. The Morgan fingerprint density at radius 1 is 1.00 bits per heavy atom. The highest BCUT2D eigenvalue weighted by Crippen LogP contribution is 2.41. The van der Waals surface area contributed by atoms with Crippen molar-refractivity contribution in [3.8, 4) is 11.5 Å². The van der Waals surface area contributed by atoms with Gasteiger partial charge in [0.2, 0.25) is 0 Å². The number of benzene rings is 2. The average molecular weight is 453 g/mol. The Kier molecular flexibility index (Phi) is 5.24. The molecule has 0 bridgehead atoms. The minimum absolute atomic E-state index is 0.00752. The van der Waals surface area contributed by atoms with E-state index in [2.05, 4.69) is 22.6 Å². The molecular weight excluding hydrogens is 437 g/mol. The Bertz CT molecular complexity index is 850. The van der Waals surface area contributed by atoms with E-state index in [1.54, 1.807) is 24.3 Å². The Morgan fingerprint density at radius 2 is 1.64 bits per heavy atom. The molecule has 0 atom stereocenters. The molecule has 0 fully saturated rings. The van der Waals surface area contributed by atoms with Gasteiger partial charge in [-0.2, -0.15) is 0 Å². The summed E-state index contributed by atoms with van der Waals surface area (Å²) >= 11 is 2.20. The summed E-state index contributed by atoms with van der Waals surface area (Å²) in [5.41, 5.74) is 6.57. The lowest BCUT2D eigenvalue weighted by Gasteiger charge is -2.21. The number of carbonyl (C=O) groups excluding carboxylic acids is 2. The van der Waals surface area contributed by atoms with Gasteiger partial charge in [-0.05, 0) is 0 Å². The van der Waals surface area contributed by atoms with Gasteiger partial charge in [0.15, 0.2) is 11.6 Å². The molecule has 2 aromatic carbocycles. The van der Waals surface area contributed by atoms with Crippen LogP contribution in [0, 0.1) is 0 Å². The first-order chi connectivity index (χ1) is 12.1. The summed E-state index contributed by atoms with van der Waals surface area (Å²) in [5, 5.41) is 10.3. The number of phenolic OH excluding ortho intramolecular Hbond substituents is 1. The molecule has 6 nitrogen and oxygen atoms in total. The summed E-state index contributed by atoms with van der Waals surface area (Å²) in [4.78, 5) is 25.4. The van der Waals surface area contributed by atoms with E-state index >= 15 is 0 Å². The maximum absolute atomic E-state index is 12.8. The lowest BCUT2D eigenvalue weighted by atomic mass is 9.82. The number of carbonyl (C=O) groups is 2. The van der Waals surface area contributed by atoms with E-state index in [0.29, 0.717) is 13.2 Å². The van der Waals surface area contributed by atoms with Crippen LogP contribution in [0.5, 0.6) is 11.5 Å². The zero-order valence-electron chi connectivity index (χ0n) is 13.3. The van der Waals surface area contributed by atoms with Gasteiger partial charge in [-0.15, -0.1) is 0 Å². The van der Waals surface area contributed by atoms with Gasteiger partial charge >= 0.3 is 0 Å². The standard InChI is InChI=1S/C18H16INO5/c19-5-6-24-7-8-25-13-9-12(21)14-15(16(13)20)18(23)11-4-2-1-3-10(11)17(14)22/h1-4,9,21H,5-8,20H2. The smallest absolute Gasteiger partial charge is 0.198 e. The zero-order chi connectivity index (χ0) is 18.0. The van der Waals surface area contributed by atoms with Gasteiger partial charge in [-0.3, -0.25) is 9.59 Å². The minimum Gasteiger partial charge on any atom is -0.507 e. The third kappa shape index (κ3) is 3.21. The van der Waals surface area contributed by atoms with Crippen LogP contribution in [0.4, 0.5) is 5.69 Å². The third-order valence-electron chi connectivity index (χ3n) is 3.89. The number of ether oxygens (including phenoxy) is 2. The van der Waals surface area contributed by atoms with Crippen molar-refractivity contribution in [1.82, 2.24) is 0 Å². The van der Waals surface area contributed by atoms with E-state index in [-0.39, 0.29) is 46.0 Å². The van der Waals surface area contributed by atoms with Crippen LogP contribution in [0.1, 0.15) is 31.8 Å². The Morgan fingerprint density at radius 3 is 2.28 bits per heavy atom. The minimum atomic E-state index is -0.425. The fourth-order valence-electron chi connectivity index (χ4n) is 2.76. The summed E-state index contributed by atoms with van der Waals surface area (Å²) in [5.74, 6) is -0.981. The van der Waals surface area contributed by atoms with Crippen molar-refractivity contribution in [1.29, 1.82) is 0 Å². The van der Waals surface area contributed by atoms with E-state index in [1.807, 2.05) is 0 Å².